The van der Waals surface area contributed by atoms with E-state index in [4.69, 9.17) is 4.55 Å². The first-order valence-electron chi connectivity index (χ1n) is 7.89. The molecule has 14 nitrogen and oxygen atoms in total. The summed E-state index contributed by atoms with van der Waals surface area (Å²) in [6, 6.07) is 0. The van der Waals surface area contributed by atoms with Gasteiger partial charge in [-0.25, -0.2) is 30.5 Å². The third-order valence-electron chi connectivity index (χ3n) is 2.74. The lowest BCUT2D eigenvalue weighted by Crippen LogP contribution is -2.29. The molecule has 1 unspecified atom stereocenters. The van der Waals surface area contributed by atoms with E-state index in [9.17, 15) is 21.0 Å². The van der Waals surface area contributed by atoms with Gasteiger partial charge in [0.05, 0.1) is 18.3 Å². The molecule has 0 aliphatic carbocycles. The maximum atomic E-state index is 11.0. The number of anilines is 3. The highest BCUT2D eigenvalue weighted by atomic mass is 32.2. The first-order valence-corrected chi connectivity index (χ1v) is 12.9. The average molecular weight is 461 g/mol. The molecule has 0 aliphatic rings. The van der Waals surface area contributed by atoms with Crippen molar-refractivity contribution in [2.75, 3.05) is 66.9 Å². The molecule has 0 saturated heterocycles. The van der Waals surface area contributed by atoms with Crippen LogP contribution in [0, 0.1) is 0 Å². The largest absolute Gasteiger partial charge is 0.353 e. The van der Waals surface area contributed by atoms with Crippen LogP contribution in [-0.4, -0.2) is 91.5 Å². The fourth-order valence-corrected chi connectivity index (χ4v) is 2.91. The van der Waals surface area contributed by atoms with E-state index < -0.39 is 31.1 Å². The maximum Gasteiger partial charge on any atom is 0.229 e. The third kappa shape index (κ3) is 12.7. The second-order valence-corrected chi connectivity index (χ2v) is 10.2. The van der Waals surface area contributed by atoms with Crippen LogP contribution in [0.5, 0.6) is 0 Å². The van der Waals surface area contributed by atoms with Crippen molar-refractivity contribution in [3.05, 3.63) is 0 Å². The van der Waals surface area contributed by atoms with E-state index in [0.29, 0.717) is 0 Å². The number of sulfonamides is 2. The molecule has 162 valence electrons. The molecule has 28 heavy (non-hydrogen) atoms. The summed E-state index contributed by atoms with van der Waals surface area (Å²) in [7, 11) is -6.64. The zero-order valence-corrected chi connectivity index (χ0v) is 17.7. The Balaban J connectivity index is 2.71. The predicted octanol–water partition coefficient (Wildman–Crippen LogP) is -2.57. The molecular formula is C11H24N8O6S3. The molecule has 1 rings (SSSR count). The number of aromatic nitrogens is 3. The molecule has 0 amide bonds. The van der Waals surface area contributed by atoms with Gasteiger partial charge in [-0.2, -0.15) is 15.0 Å². The van der Waals surface area contributed by atoms with E-state index in [1.54, 1.807) is 0 Å². The maximum absolute atomic E-state index is 11.0. The van der Waals surface area contributed by atoms with Gasteiger partial charge in [-0.15, -0.1) is 0 Å². The highest BCUT2D eigenvalue weighted by Crippen LogP contribution is 2.08. The van der Waals surface area contributed by atoms with Crippen molar-refractivity contribution < 1.29 is 25.6 Å². The van der Waals surface area contributed by atoms with Crippen LogP contribution in [0.4, 0.5) is 17.8 Å². The van der Waals surface area contributed by atoms with Crippen LogP contribution in [0.3, 0.4) is 0 Å². The van der Waals surface area contributed by atoms with E-state index in [0.717, 1.165) is 12.5 Å². The Morgan fingerprint density at radius 1 is 0.750 bits per heavy atom. The van der Waals surface area contributed by atoms with Crippen molar-refractivity contribution >= 4 is 49.0 Å². The molecule has 1 aromatic heterocycles. The van der Waals surface area contributed by atoms with E-state index in [1.807, 2.05) is 0 Å². The summed E-state index contributed by atoms with van der Waals surface area (Å²) in [5.74, 6) is 0.360. The zero-order chi connectivity index (χ0) is 21.2. The molecule has 1 atom stereocenters. The van der Waals surface area contributed by atoms with Crippen LogP contribution < -0.4 is 25.4 Å². The molecule has 1 aromatic rings. The lowest BCUT2D eigenvalue weighted by atomic mass is 10.6. The summed E-state index contributed by atoms with van der Waals surface area (Å²) in [6.07, 6.45) is 2.07. The minimum Gasteiger partial charge on any atom is -0.353 e. The molecule has 0 bridgehead atoms. The molecular weight excluding hydrogens is 436 g/mol. The van der Waals surface area contributed by atoms with E-state index in [1.165, 1.54) is 0 Å². The van der Waals surface area contributed by atoms with Crippen LogP contribution in [-0.2, 0) is 31.1 Å². The molecule has 17 heteroatoms. The topological polar surface area (TPSA) is 204 Å². The van der Waals surface area contributed by atoms with Gasteiger partial charge in [-0.3, -0.25) is 0 Å². The number of rotatable bonds is 14. The van der Waals surface area contributed by atoms with Gasteiger partial charge in [-0.05, 0) is 0 Å². The van der Waals surface area contributed by atoms with E-state index >= 15 is 0 Å². The Morgan fingerprint density at radius 3 is 1.43 bits per heavy atom. The Hall–Kier alpha value is -1.66. The minimum absolute atomic E-state index is 0.0340. The van der Waals surface area contributed by atoms with Crippen molar-refractivity contribution in [2.45, 2.75) is 0 Å². The third-order valence-corrected chi connectivity index (χ3v) is 4.75. The van der Waals surface area contributed by atoms with Crippen molar-refractivity contribution in [3.8, 4) is 0 Å². The molecule has 0 radical (unpaired) electrons. The lowest BCUT2D eigenvalue weighted by molar-refractivity contribution is 0.564. The fourth-order valence-electron chi connectivity index (χ4n) is 1.68. The molecule has 0 aromatic carbocycles. The van der Waals surface area contributed by atoms with Crippen LogP contribution in [0.1, 0.15) is 0 Å². The van der Waals surface area contributed by atoms with Gasteiger partial charge in [0.2, 0.25) is 37.9 Å². The number of nitrogens with zero attached hydrogens (tertiary/aromatic N) is 3. The zero-order valence-electron chi connectivity index (χ0n) is 15.3. The van der Waals surface area contributed by atoms with Gasteiger partial charge in [-0.1, -0.05) is 0 Å². The van der Waals surface area contributed by atoms with Crippen LogP contribution in [0.2, 0.25) is 0 Å². The monoisotopic (exact) mass is 460 g/mol. The summed E-state index contributed by atoms with van der Waals surface area (Å²) >= 11 is -1.97. The Morgan fingerprint density at radius 2 is 1.11 bits per heavy atom. The molecule has 6 N–H and O–H groups in total. The standard InChI is InChI=1S/C11H24N8O6S3/c1-27(22,23)15-5-3-12-9-17-10(13-4-6-16-28(2,24)25)19-11(18-9)14-7-8-26(20)21/h15-16H,3-8H2,1-2H3,(H,20,21)(H3,12,13,14,17,18,19). The van der Waals surface area contributed by atoms with Crippen LogP contribution >= 0.6 is 0 Å². The van der Waals surface area contributed by atoms with E-state index in [-0.39, 0.29) is 56.3 Å². The number of nitrogens with one attached hydrogen (secondary N) is 5. The molecule has 0 aliphatic heterocycles. The summed E-state index contributed by atoms with van der Waals surface area (Å²) in [6.45, 7) is 0.755. The molecule has 0 fully saturated rings. The smallest absolute Gasteiger partial charge is 0.229 e. The van der Waals surface area contributed by atoms with E-state index in [2.05, 4.69) is 40.3 Å². The minimum atomic E-state index is -3.32. The molecule has 1 heterocycles. The van der Waals surface area contributed by atoms with Gasteiger partial charge in [0, 0.05) is 32.7 Å². The number of hydrogen-bond acceptors (Lipinski definition) is 11. The highest BCUT2D eigenvalue weighted by Gasteiger charge is 2.08. The van der Waals surface area contributed by atoms with Gasteiger partial charge < -0.3 is 20.5 Å². The normalized spacial score (nSPS) is 13.1. The quantitative estimate of drug-likeness (QED) is 0.125. The van der Waals surface area contributed by atoms with Gasteiger partial charge in [0.15, 0.2) is 11.1 Å². The van der Waals surface area contributed by atoms with Crippen molar-refractivity contribution in [3.63, 3.8) is 0 Å². The van der Waals surface area contributed by atoms with Crippen molar-refractivity contribution in [2.24, 2.45) is 0 Å². The highest BCUT2D eigenvalue weighted by molar-refractivity contribution is 7.89. The van der Waals surface area contributed by atoms with Gasteiger partial charge in [0.1, 0.15) is 0 Å². The van der Waals surface area contributed by atoms with Gasteiger partial charge in [0.25, 0.3) is 0 Å². The lowest BCUT2D eigenvalue weighted by Gasteiger charge is -2.11. The van der Waals surface area contributed by atoms with Gasteiger partial charge >= 0.3 is 0 Å². The Kier molecular flexibility index (Phi) is 9.90. The fraction of sp³-hybridized carbons (Fsp3) is 0.727. The Labute approximate surface area is 166 Å². The second kappa shape index (κ2) is 11.4. The predicted molar refractivity (Wildman–Crippen MR) is 107 cm³/mol. The first kappa shape index (κ1) is 24.4. The van der Waals surface area contributed by atoms with Crippen molar-refractivity contribution in [1.29, 1.82) is 0 Å². The summed E-state index contributed by atoms with van der Waals surface area (Å²) in [4.78, 5) is 12.3. The Bertz CT molecular complexity index is 805. The first-order chi connectivity index (χ1) is 12.9. The summed E-state index contributed by atoms with van der Waals surface area (Å²) in [5.41, 5.74) is 0. The summed E-state index contributed by atoms with van der Waals surface area (Å²) < 4.78 is 68.3. The SMILES string of the molecule is CS(=O)(=O)NCCNc1nc(NCCNS(C)(=O)=O)nc(NCCS(=O)O)n1. The average Bonchev–Trinajstić information content (AvgIpc) is 2.54. The van der Waals surface area contributed by atoms with Crippen LogP contribution in [0.15, 0.2) is 0 Å². The number of hydrogen-bond donors (Lipinski definition) is 6. The molecule has 0 saturated carbocycles. The second-order valence-electron chi connectivity index (χ2n) is 5.45. The van der Waals surface area contributed by atoms with Crippen molar-refractivity contribution in [1.82, 2.24) is 24.4 Å². The van der Waals surface area contributed by atoms with Crippen LogP contribution in [0.25, 0.3) is 0 Å². The summed E-state index contributed by atoms with van der Waals surface area (Å²) in [5, 5.41) is 8.41. The molecule has 0 spiro atoms.